The maximum absolute atomic E-state index is 11.2. The molecule has 0 aliphatic carbocycles. The van der Waals surface area contributed by atoms with Crippen LogP contribution in [-0.2, 0) is 4.79 Å². The lowest BCUT2D eigenvalue weighted by molar-refractivity contribution is -0.122. The Bertz CT molecular complexity index is 149. The van der Waals surface area contributed by atoms with E-state index in [1.807, 2.05) is 14.0 Å². The SMILES string of the molecule is CCCNC(=O)CN(C)CC(C)O. The number of aliphatic hydroxyl groups excluding tert-OH is 1. The van der Waals surface area contributed by atoms with Crippen LogP contribution < -0.4 is 5.32 Å². The summed E-state index contributed by atoms with van der Waals surface area (Å²) in [7, 11) is 1.82. The molecule has 0 bridgehead atoms. The molecule has 0 spiro atoms. The topological polar surface area (TPSA) is 52.6 Å². The number of hydrogen-bond donors (Lipinski definition) is 2. The standard InChI is InChI=1S/C9H20N2O2/c1-4-5-10-9(13)7-11(3)6-8(2)12/h8,12H,4-7H2,1-3H3,(H,10,13). The van der Waals surface area contributed by atoms with E-state index in [4.69, 9.17) is 5.11 Å². The van der Waals surface area contributed by atoms with Gasteiger partial charge in [0.05, 0.1) is 12.6 Å². The second-order valence-corrected chi connectivity index (χ2v) is 3.40. The lowest BCUT2D eigenvalue weighted by Gasteiger charge is -2.17. The average molecular weight is 188 g/mol. The summed E-state index contributed by atoms with van der Waals surface area (Å²) in [4.78, 5) is 13.0. The Kier molecular flexibility index (Phi) is 6.54. The fourth-order valence-electron chi connectivity index (χ4n) is 1.08. The number of amides is 1. The minimum absolute atomic E-state index is 0.0185. The maximum atomic E-state index is 11.2. The van der Waals surface area contributed by atoms with E-state index in [0.29, 0.717) is 13.1 Å². The summed E-state index contributed by atoms with van der Waals surface area (Å²) in [6.45, 7) is 5.33. The highest BCUT2D eigenvalue weighted by Gasteiger charge is 2.07. The van der Waals surface area contributed by atoms with Gasteiger partial charge in [-0.1, -0.05) is 6.92 Å². The number of nitrogens with zero attached hydrogens (tertiary/aromatic N) is 1. The molecule has 0 saturated carbocycles. The Morgan fingerprint density at radius 3 is 2.69 bits per heavy atom. The third-order valence-electron chi connectivity index (χ3n) is 1.56. The van der Waals surface area contributed by atoms with Gasteiger partial charge in [0.15, 0.2) is 0 Å². The van der Waals surface area contributed by atoms with Crippen LogP contribution in [0.3, 0.4) is 0 Å². The van der Waals surface area contributed by atoms with Crippen LogP contribution in [0.25, 0.3) is 0 Å². The van der Waals surface area contributed by atoms with Crippen molar-refractivity contribution in [1.29, 1.82) is 0 Å². The van der Waals surface area contributed by atoms with Gasteiger partial charge < -0.3 is 10.4 Å². The fourth-order valence-corrected chi connectivity index (χ4v) is 1.08. The molecular formula is C9H20N2O2. The molecule has 0 aromatic rings. The summed E-state index contributed by atoms with van der Waals surface area (Å²) < 4.78 is 0. The van der Waals surface area contributed by atoms with Crippen LogP contribution in [0.5, 0.6) is 0 Å². The Balaban J connectivity index is 3.53. The van der Waals surface area contributed by atoms with Crippen LogP contribution in [0.15, 0.2) is 0 Å². The summed E-state index contributed by atoms with van der Waals surface area (Å²) in [5, 5.41) is 11.8. The van der Waals surface area contributed by atoms with Gasteiger partial charge in [-0.2, -0.15) is 0 Å². The number of hydrogen-bond acceptors (Lipinski definition) is 3. The number of likely N-dealkylation sites (N-methyl/N-ethyl adjacent to an activating group) is 1. The zero-order valence-electron chi connectivity index (χ0n) is 8.71. The molecule has 78 valence electrons. The average Bonchev–Trinajstić information content (AvgIpc) is 1.98. The Labute approximate surface area is 79.9 Å². The van der Waals surface area contributed by atoms with E-state index < -0.39 is 0 Å². The number of rotatable bonds is 6. The highest BCUT2D eigenvalue weighted by Crippen LogP contribution is 1.87. The van der Waals surface area contributed by atoms with Gasteiger partial charge in [0.1, 0.15) is 0 Å². The van der Waals surface area contributed by atoms with Crippen molar-refractivity contribution in [3.8, 4) is 0 Å². The monoisotopic (exact) mass is 188 g/mol. The van der Waals surface area contributed by atoms with Gasteiger partial charge in [-0.3, -0.25) is 9.69 Å². The normalized spacial score (nSPS) is 13.0. The molecule has 4 heteroatoms. The molecule has 1 atom stereocenters. The molecule has 0 heterocycles. The van der Waals surface area contributed by atoms with E-state index in [9.17, 15) is 4.79 Å². The van der Waals surface area contributed by atoms with Crippen LogP contribution in [0, 0.1) is 0 Å². The fraction of sp³-hybridized carbons (Fsp3) is 0.889. The van der Waals surface area contributed by atoms with Gasteiger partial charge >= 0.3 is 0 Å². The summed E-state index contributed by atoms with van der Waals surface area (Å²) in [6.07, 6.45) is 0.565. The Morgan fingerprint density at radius 2 is 2.23 bits per heavy atom. The van der Waals surface area contributed by atoms with Gasteiger partial charge in [-0.25, -0.2) is 0 Å². The zero-order chi connectivity index (χ0) is 10.3. The van der Waals surface area contributed by atoms with E-state index >= 15 is 0 Å². The minimum atomic E-state index is -0.385. The first-order valence-corrected chi connectivity index (χ1v) is 4.69. The van der Waals surface area contributed by atoms with Crippen LogP contribution >= 0.6 is 0 Å². The Hall–Kier alpha value is -0.610. The van der Waals surface area contributed by atoms with Gasteiger partial charge in [0, 0.05) is 13.1 Å². The molecule has 0 saturated heterocycles. The van der Waals surface area contributed by atoms with Gasteiger partial charge in [-0.15, -0.1) is 0 Å². The molecule has 0 aliphatic rings. The molecule has 13 heavy (non-hydrogen) atoms. The third kappa shape index (κ3) is 7.74. The molecule has 0 fully saturated rings. The summed E-state index contributed by atoms with van der Waals surface area (Å²) in [6, 6.07) is 0. The van der Waals surface area contributed by atoms with E-state index in [2.05, 4.69) is 5.32 Å². The highest BCUT2D eigenvalue weighted by molar-refractivity contribution is 5.77. The molecule has 0 aromatic heterocycles. The Morgan fingerprint density at radius 1 is 1.62 bits per heavy atom. The van der Waals surface area contributed by atoms with Gasteiger partial charge in [0.25, 0.3) is 0 Å². The third-order valence-corrected chi connectivity index (χ3v) is 1.56. The molecule has 0 radical (unpaired) electrons. The minimum Gasteiger partial charge on any atom is -0.392 e. The van der Waals surface area contributed by atoms with E-state index in [1.54, 1.807) is 11.8 Å². The summed E-state index contributed by atoms with van der Waals surface area (Å²) >= 11 is 0. The second-order valence-electron chi connectivity index (χ2n) is 3.40. The molecule has 1 unspecified atom stereocenters. The lowest BCUT2D eigenvalue weighted by Crippen LogP contribution is -2.38. The molecule has 2 N–H and O–H groups in total. The first-order valence-electron chi connectivity index (χ1n) is 4.69. The molecule has 0 aliphatic heterocycles. The second kappa shape index (κ2) is 6.86. The van der Waals surface area contributed by atoms with Crippen molar-refractivity contribution in [3.05, 3.63) is 0 Å². The molecular weight excluding hydrogens is 168 g/mol. The molecule has 0 aromatic carbocycles. The van der Waals surface area contributed by atoms with Crippen molar-refractivity contribution in [2.45, 2.75) is 26.4 Å². The number of nitrogens with one attached hydrogen (secondary N) is 1. The van der Waals surface area contributed by atoms with Crippen molar-refractivity contribution in [2.24, 2.45) is 0 Å². The smallest absolute Gasteiger partial charge is 0.234 e. The zero-order valence-corrected chi connectivity index (χ0v) is 8.71. The van der Waals surface area contributed by atoms with Crippen LogP contribution in [0.1, 0.15) is 20.3 Å². The predicted molar refractivity (Wildman–Crippen MR) is 52.5 cm³/mol. The van der Waals surface area contributed by atoms with Crippen molar-refractivity contribution in [3.63, 3.8) is 0 Å². The van der Waals surface area contributed by atoms with Crippen LogP contribution in [0.2, 0.25) is 0 Å². The number of carbonyl (C=O) groups excluding carboxylic acids is 1. The highest BCUT2D eigenvalue weighted by atomic mass is 16.3. The van der Waals surface area contributed by atoms with E-state index in [1.165, 1.54) is 0 Å². The molecule has 1 amide bonds. The van der Waals surface area contributed by atoms with Crippen LogP contribution in [0.4, 0.5) is 0 Å². The van der Waals surface area contributed by atoms with Crippen molar-refractivity contribution < 1.29 is 9.90 Å². The summed E-state index contributed by atoms with van der Waals surface area (Å²) in [5.74, 6) is 0.0185. The maximum Gasteiger partial charge on any atom is 0.234 e. The predicted octanol–water partition coefficient (Wildman–Crippen LogP) is -0.175. The largest absolute Gasteiger partial charge is 0.392 e. The quantitative estimate of drug-likeness (QED) is 0.608. The van der Waals surface area contributed by atoms with Crippen molar-refractivity contribution in [2.75, 3.05) is 26.7 Å². The van der Waals surface area contributed by atoms with Gasteiger partial charge in [-0.05, 0) is 20.4 Å². The first kappa shape index (κ1) is 12.4. The summed E-state index contributed by atoms with van der Waals surface area (Å²) in [5.41, 5.74) is 0. The van der Waals surface area contributed by atoms with E-state index in [-0.39, 0.29) is 12.0 Å². The number of aliphatic hydroxyl groups is 1. The molecule has 4 nitrogen and oxygen atoms in total. The van der Waals surface area contributed by atoms with Gasteiger partial charge in [0.2, 0.25) is 5.91 Å². The molecule has 0 rings (SSSR count). The van der Waals surface area contributed by atoms with Crippen molar-refractivity contribution >= 4 is 5.91 Å². The van der Waals surface area contributed by atoms with Crippen molar-refractivity contribution in [1.82, 2.24) is 10.2 Å². The lowest BCUT2D eigenvalue weighted by atomic mass is 10.3. The van der Waals surface area contributed by atoms with Crippen LogP contribution in [-0.4, -0.2) is 48.7 Å². The van der Waals surface area contributed by atoms with E-state index in [0.717, 1.165) is 13.0 Å². The first-order chi connectivity index (χ1) is 6.06. The number of carbonyl (C=O) groups is 1.